The van der Waals surface area contributed by atoms with Crippen LogP contribution in [-0.2, 0) is 0 Å². The van der Waals surface area contributed by atoms with Crippen LogP contribution in [0.5, 0.6) is 0 Å². The van der Waals surface area contributed by atoms with Gasteiger partial charge in [0.25, 0.3) is 0 Å². The monoisotopic (exact) mass is 187 g/mol. The number of hydrogen-bond acceptors (Lipinski definition) is 2. The summed E-state index contributed by atoms with van der Waals surface area (Å²) in [5, 5.41) is 5.46. The Morgan fingerprint density at radius 2 is 1.85 bits per heavy atom. The Morgan fingerprint density at radius 1 is 1.15 bits per heavy atom. The first-order valence-corrected chi connectivity index (χ1v) is 5.03. The Bertz CT molecular complexity index is 128. The van der Waals surface area contributed by atoms with E-state index in [2.05, 4.69) is 10.6 Å². The lowest BCUT2D eigenvalue weighted by Gasteiger charge is -2.04. The maximum Gasteiger partial charge on any atom is 0.314 e. The summed E-state index contributed by atoms with van der Waals surface area (Å²) in [5.41, 5.74) is 5.35. The zero-order valence-electron chi connectivity index (χ0n) is 8.44. The SMILES string of the molecule is CCNC(=O)NCCCCCCN. The summed E-state index contributed by atoms with van der Waals surface area (Å²) in [6, 6.07) is -0.0682. The fourth-order valence-corrected chi connectivity index (χ4v) is 1.05. The summed E-state index contributed by atoms with van der Waals surface area (Å²) < 4.78 is 0. The van der Waals surface area contributed by atoms with Crippen molar-refractivity contribution in [3.63, 3.8) is 0 Å². The van der Waals surface area contributed by atoms with Crippen LogP contribution in [0.15, 0.2) is 0 Å². The molecule has 0 aliphatic heterocycles. The zero-order chi connectivity index (χ0) is 9.94. The number of nitrogens with two attached hydrogens (primary N) is 1. The van der Waals surface area contributed by atoms with Crippen LogP contribution < -0.4 is 16.4 Å². The summed E-state index contributed by atoms with van der Waals surface area (Å²) in [5.74, 6) is 0. The average Bonchev–Trinajstić information content (AvgIpc) is 2.11. The number of nitrogens with one attached hydrogen (secondary N) is 2. The minimum absolute atomic E-state index is 0.0682. The molecule has 0 bridgehead atoms. The second kappa shape index (κ2) is 9.32. The van der Waals surface area contributed by atoms with Crippen molar-refractivity contribution in [2.45, 2.75) is 32.6 Å². The van der Waals surface area contributed by atoms with Gasteiger partial charge >= 0.3 is 6.03 Å². The van der Waals surface area contributed by atoms with Crippen molar-refractivity contribution in [2.75, 3.05) is 19.6 Å². The van der Waals surface area contributed by atoms with Gasteiger partial charge in [0.15, 0.2) is 0 Å². The van der Waals surface area contributed by atoms with E-state index in [9.17, 15) is 4.79 Å². The lowest BCUT2D eigenvalue weighted by atomic mass is 10.2. The highest BCUT2D eigenvalue weighted by Crippen LogP contribution is 1.96. The molecule has 2 amide bonds. The first-order chi connectivity index (χ1) is 6.31. The molecule has 0 heterocycles. The Labute approximate surface area is 80.3 Å². The van der Waals surface area contributed by atoms with E-state index in [-0.39, 0.29) is 6.03 Å². The number of carbonyl (C=O) groups excluding carboxylic acids is 1. The van der Waals surface area contributed by atoms with Gasteiger partial charge in [-0.25, -0.2) is 4.79 Å². The predicted molar refractivity (Wildman–Crippen MR) is 54.6 cm³/mol. The van der Waals surface area contributed by atoms with E-state index >= 15 is 0 Å². The first-order valence-electron chi connectivity index (χ1n) is 5.03. The highest BCUT2D eigenvalue weighted by atomic mass is 16.2. The van der Waals surface area contributed by atoms with Crippen LogP contribution in [0, 0.1) is 0 Å². The molecule has 0 aliphatic carbocycles. The van der Waals surface area contributed by atoms with Crippen LogP contribution in [0.3, 0.4) is 0 Å². The summed E-state index contributed by atoms with van der Waals surface area (Å²) in [7, 11) is 0. The Kier molecular flexibility index (Phi) is 8.77. The quantitative estimate of drug-likeness (QED) is 0.517. The molecule has 0 spiro atoms. The minimum Gasteiger partial charge on any atom is -0.338 e. The van der Waals surface area contributed by atoms with Gasteiger partial charge in [0.2, 0.25) is 0 Å². The molecule has 0 aliphatic rings. The molecule has 0 aromatic rings. The van der Waals surface area contributed by atoms with Crippen molar-refractivity contribution < 1.29 is 4.79 Å². The second-order valence-corrected chi connectivity index (χ2v) is 2.99. The molecule has 78 valence electrons. The predicted octanol–water partition coefficient (Wildman–Crippen LogP) is 0.825. The average molecular weight is 187 g/mol. The molecule has 0 aromatic heterocycles. The van der Waals surface area contributed by atoms with Crippen LogP contribution in [0.2, 0.25) is 0 Å². The lowest BCUT2D eigenvalue weighted by molar-refractivity contribution is 0.241. The number of amides is 2. The molecule has 0 atom stereocenters. The van der Waals surface area contributed by atoms with Crippen LogP contribution in [0.1, 0.15) is 32.6 Å². The van der Waals surface area contributed by atoms with Crippen molar-refractivity contribution in [3.05, 3.63) is 0 Å². The maximum absolute atomic E-state index is 10.9. The van der Waals surface area contributed by atoms with E-state index in [1.165, 1.54) is 0 Å². The van der Waals surface area contributed by atoms with Gasteiger partial charge in [-0.3, -0.25) is 0 Å². The molecular weight excluding hydrogens is 166 g/mol. The number of rotatable bonds is 7. The second-order valence-electron chi connectivity index (χ2n) is 2.99. The third kappa shape index (κ3) is 9.14. The van der Waals surface area contributed by atoms with Crippen molar-refractivity contribution in [2.24, 2.45) is 5.73 Å². The third-order valence-corrected chi connectivity index (χ3v) is 1.75. The minimum atomic E-state index is -0.0682. The summed E-state index contributed by atoms with van der Waals surface area (Å²) in [4.78, 5) is 10.9. The molecule has 0 aromatic carbocycles. The van der Waals surface area contributed by atoms with Crippen molar-refractivity contribution in [1.82, 2.24) is 10.6 Å². The zero-order valence-corrected chi connectivity index (χ0v) is 8.44. The van der Waals surface area contributed by atoms with Crippen LogP contribution in [-0.4, -0.2) is 25.7 Å². The largest absolute Gasteiger partial charge is 0.338 e. The van der Waals surface area contributed by atoms with Crippen molar-refractivity contribution in [1.29, 1.82) is 0 Å². The molecule has 0 saturated carbocycles. The number of unbranched alkanes of at least 4 members (excludes halogenated alkanes) is 3. The molecule has 4 N–H and O–H groups in total. The molecular formula is C9H21N3O. The Balaban J connectivity index is 3.02. The van der Waals surface area contributed by atoms with E-state index in [1.807, 2.05) is 6.92 Å². The first kappa shape index (κ1) is 12.2. The van der Waals surface area contributed by atoms with Crippen molar-refractivity contribution >= 4 is 6.03 Å². The van der Waals surface area contributed by atoms with Crippen LogP contribution in [0.25, 0.3) is 0 Å². The van der Waals surface area contributed by atoms with Gasteiger partial charge in [0.1, 0.15) is 0 Å². The number of hydrogen-bond donors (Lipinski definition) is 3. The highest BCUT2D eigenvalue weighted by molar-refractivity contribution is 5.73. The molecule has 4 nitrogen and oxygen atoms in total. The van der Waals surface area contributed by atoms with Gasteiger partial charge in [0.05, 0.1) is 0 Å². The fraction of sp³-hybridized carbons (Fsp3) is 0.889. The molecule has 0 fully saturated rings. The maximum atomic E-state index is 10.9. The molecule has 13 heavy (non-hydrogen) atoms. The van der Waals surface area contributed by atoms with Gasteiger partial charge < -0.3 is 16.4 Å². The summed E-state index contributed by atoms with van der Waals surface area (Å²) in [6.45, 7) is 4.11. The molecule has 0 saturated heterocycles. The molecule has 0 radical (unpaired) electrons. The number of carbonyl (C=O) groups is 1. The normalized spacial score (nSPS) is 9.69. The Morgan fingerprint density at radius 3 is 2.46 bits per heavy atom. The van der Waals surface area contributed by atoms with Gasteiger partial charge in [0, 0.05) is 13.1 Å². The summed E-state index contributed by atoms with van der Waals surface area (Å²) >= 11 is 0. The van der Waals surface area contributed by atoms with E-state index in [1.54, 1.807) is 0 Å². The van der Waals surface area contributed by atoms with E-state index in [4.69, 9.17) is 5.73 Å². The standard InChI is InChI=1S/C9H21N3O/c1-2-11-9(13)12-8-6-4-3-5-7-10/h2-8,10H2,1H3,(H2,11,12,13). The van der Waals surface area contributed by atoms with E-state index in [0.29, 0.717) is 6.54 Å². The van der Waals surface area contributed by atoms with Gasteiger partial charge in [-0.2, -0.15) is 0 Å². The molecule has 4 heteroatoms. The molecule has 0 rings (SSSR count). The van der Waals surface area contributed by atoms with Gasteiger partial charge in [-0.15, -0.1) is 0 Å². The highest BCUT2D eigenvalue weighted by Gasteiger charge is 1.95. The third-order valence-electron chi connectivity index (χ3n) is 1.75. The van der Waals surface area contributed by atoms with Gasteiger partial charge in [-0.1, -0.05) is 12.8 Å². The topological polar surface area (TPSA) is 67.2 Å². The fourth-order valence-electron chi connectivity index (χ4n) is 1.05. The van der Waals surface area contributed by atoms with Crippen molar-refractivity contribution in [3.8, 4) is 0 Å². The lowest BCUT2D eigenvalue weighted by Crippen LogP contribution is -2.35. The summed E-state index contributed by atoms with van der Waals surface area (Å²) in [6.07, 6.45) is 4.43. The van der Waals surface area contributed by atoms with E-state index < -0.39 is 0 Å². The molecule has 0 unspecified atom stereocenters. The van der Waals surface area contributed by atoms with E-state index in [0.717, 1.165) is 38.8 Å². The number of urea groups is 1. The van der Waals surface area contributed by atoms with Crippen LogP contribution in [0.4, 0.5) is 4.79 Å². The van der Waals surface area contributed by atoms with Gasteiger partial charge in [-0.05, 0) is 26.3 Å². The smallest absolute Gasteiger partial charge is 0.314 e. The van der Waals surface area contributed by atoms with Crippen LogP contribution >= 0.6 is 0 Å². The Hall–Kier alpha value is -0.770.